The minimum atomic E-state index is -0.552. The third-order valence-electron chi connectivity index (χ3n) is 3.48. The smallest absolute Gasteiger partial charge is 0.123 e. The van der Waals surface area contributed by atoms with Gasteiger partial charge in [-0.2, -0.15) is 0 Å². The van der Waals surface area contributed by atoms with E-state index in [-0.39, 0.29) is 11.7 Å². The molecule has 3 N–H and O–H groups in total. The largest absolute Gasteiger partial charge is 0.391 e. The van der Waals surface area contributed by atoms with Gasteiger partial charge >= 0.3 is 0 Å². The minimum absolute atomic E-state index is 0.276. The Labute approximate surface area is 95.3 Å². The number of aliphatic hydroxyl groups excluding tert-OH is 1. The fraction of sp³-hybridized carbons (Fsp3) is 0.538. The molecule has 0 saturated heterocycles. The minimum Gasteiger partial charge on any atom is -0.391 e. The van der Waals surface area contributed by atoms with Crippen LogP contribution in [0.5, 0.6) is 0 Å². The fourth-order valence-electron chi connectivity index (χ4n) is 2.50. The predicted octanol–water partition coefficient (Wildman–Crippen LogP) is 2.38. The second kappa shape index (κ2) is 4.93. The van der Waals surface area contributed by atoms with Crippen LogP contribution in [0, 0.1) is 11.7 Å². The van der Waals surface area contributed by atoms with Gasteiger partial charge in [0.2, 0.25) is 0 Å². The highest BCUT2D eigenvalue weighted by atomic mass is 19.1. The number of hydrogen-bond donors (Lipinski definition) is 2. The van der Waals surface area contributed by atoms with Gasteiger partial charge in [0, 0.05) is 0 Å². The van der Waals surface area contributed by atoms with Gasteiger partial charge in [-0.15, -0.1) is 0 Å². The summed E-state index contributed by atoms with van der Waals surface area (Å²) in [5, 5.41) is 10.1. The second-order valence-corrected chi connectivity index (χ2v) is 4.62. The lowest BCUT2D eigenvalue weighted by Gasteiger charge is -2.24. The second-order valence-electron chi connectivity index (χ2n) is 4.62. The van der Waals surface area contributed by atoms with Gasteiger partial charge in [0.15, 0.2) is 0 Å². The van der Waals surface area contributed by atoms with E-state index in [1.807, 2.05) is 0 Å². The molecule has 2 nitrogen and oxygen atoms in total. The van der Waals surface area contributed by atoms with E-state index in [0.29, 0.717) is 5.56 Å². The van der Waals surface area contributed by atoms with Gasteiger partial charge in [0.1, 0.15) is 5.82 Å². The molecule has 0 amide bonds. The molecular weight excluding hydrogens is 205 g/mol. The quantitative estimate of drug-likeness (QED) is 0.826. The maximum atomic E-state index is 13.0. The highest BCUT2D eigenvalue weighted by Gasteiger charge is 2.28. The molecule has 16 heavy (non-hydrogen) atoms. The molecule has 1 aromatic carbocycles. The third kappa shape index (κ3) is 2.42. The van der Waals surface area contributed by atoms with Crippen LogP contribution in [-0.2, 0) is 0 Å². The van der Waals surface area contributed by atoms with Gasteiger partial charge in [-0.25, -0.2) is 4.39 Å². The highest BCUT2D eigenvalue weighted by molar-refractivity contribution is 5.21. The van der Waals surface area contributed by atoms with Crippen molar-refractivity contribution >= 4 is 0 Å². The molecule has 0 radical (unpaired) electrons. The molecule has 0 aromatic heterocycles. The predicted molar refractivity (Wildman–Crippen MR) is 61.3 cm³/mol. The third-order valence-corrected chi connectivity index (χ3v) is 3.48. The topological polar surface area (TPSA) is 46.2 Å². The summed E-state index contributed by atoms with van der Waals surface area (Å²) in [6.07, 6.45) is 3.84. The van der Waals surface area contributed by atoms with Gasteiger partial charge in [-0.1, -0.05) is 25.0 Å². The maximum absolute atomic E-state index is 13.0. The van der Waals surface area contributed by atoms with Crippen molar-refractivity contribution in [3.05, 3.63) is 35.6 Å². The van der Waals surface area contributed by atoms with Crippen LogP contribution in [0.1, 0.15) is 37.3 Å². The Morgan fingerprint density at radius 1 is 1.31 bits per heavy atom. The molecular formula is C13H18FNO. The lowest BCUT2D eigenvalue weighted by molar-refractivity contribution is 0.0844. The Bertz CT molecular complexity index is 350. The number of nitrogens with two attached hydrogens (primary N) is 1. The van der Waals surface area contributed by atoms with E-state index in [2.05, 4.69) is 0 Å². The van der Waals surface area contributed by atoms with E-state index < -0.39 is 12.1 Å². The molecule has 1 fully saturated rings. The van der Waals surface area contributed by atoms with Crippen LogP contribution in [0.3, 0.4) is 0 Å². The molecule has 1 saturated carbocycles. The van der Waals surface area contributed by atoms with Crippen LogP contribution in [0.2, 0.25) is 0 Å². The van der Waals surface area contributed by atoms with E-state index in [1.165, 1.54) is 12.1 Å². The number of benzene rings is 1. The molecule has 0 aliphatic heterocycles. The molecule has 0 bridgehead atoms. The fourth-order valence-corrected chi connectivity index (χ4v) is 2.50. The number of halogens is 1. The average molecular weight is 223 g/mol. The highest BCUT2D eigenvalue weighted by Crippen LogP contribution is 2.32. The summed E-state index contributed by atoms with van der Waals surface area (Å²) in [7, 11) is 0. The van der Waals surface area contributed by atoms with Crippen LogP contribution in [0.25, 0.3) is 0 Å². The van der Waals surface area contributed by atoms with Crippen molar-refractivity contribution in [1.82, 2.24) is 0 Å². The molecule has 3 heteroatoms. The van der Waals surface area contributed by atoms with E-state index in [4.69, 9.17) is 5.73 Å². The zero-order valence-corrected chi connectivity index (χ0v) is 9.27. The Balaban J connectivity index is 2.08. The lowest BCUT2D eigenvalue weighted by atomic mass is 9.91. The van der Waals surface area contributed by atoms with E-state index in [0.717, 1.165) is 25.7 Å². The molecule has 1 aliphatic carbocycles. The molecule has 1 aliphatic rings. The first kappa shape index (κ1) is 11.6. The molecule has 2 rings (SSSR count). The maximum Gasteiger partial charge on any atom is 0.123 e. The SMILES string of the molecule is N[C@H](c1cccc(F)c1)[C@@H](O)C1CCCC1. The summed E-state index contributed by atoms with van der Waals surface area (Å²) >= 11 is 0. The Hall–Kier alpha value is -0.930. The summed E-state index contributed by atoms with van der Waals surface area (Å²) in [6.45, 7) is 0. The van der Waals surface area contributed by atoms with Gasteiger partial charge in [-0.05, 0) is 36.5 Å². The van der Waals surface area contributed by atoms with Crippen LogP contribution < -0.4 is 5.73 Å². The van der Waals surface area contributed by atoms with Gasteiger partial charge in [0.05, 0.1) is 12.1 Å². The zero-order chi connectivity index (χ0) is 11.5. The summed E-state index contributed by atoms with van der Waals surface area (Å²) in [5.74, 6) is -0.0233. The molecule has 0 heterocycles. The Morgan fingerprint density at radius 3 is 2.62 bits per heavy atom. The van der Waals surface area contributed by atoms with Crippen molar-refractivity contribution in [3.8, 4) is 0 Å². The summed E-state index contributed by atoms with van der Waals surface area (Å²) in [4.78, 5) is 0. The van der Waals surface area contributed by atoms with E-state index in [1.54, 1.807) is 12.1 Å². The van der Waals surface area contributed by atoms with Crippen molar-refractivity contribution in [1.29, 1.82) is 0 Å². The van der Waals surface area contributed by atoms with Crippen molar-refractivity contribution in [2.75, 3.05) is 0 Å². The van der Waals surface area contributed by atoms with Gasteiger partial charge < -0.3 is 10.8 Å². The van der Waals surface area contributed by atoms with Crippen LogP contribution in [-0.4, -0.2) is 11.2 Å². The normalized spacial score (nSPS) is 20.9. The van der Waals surface area contributed by atoms with Gasteiger partial charge in [-0.3, -0.25) is 0 Å². The summed E-state index contributed by atoms with van der Waals surface area (Å²) in [6, 6.07) is 5.72. The Morgan fingerprint density at radius 2 is 2.00 bits per heavy atom. The molecule has 1 aromatic rings. The lowest BCUT2D eigenvalue weighted by Crippen LogP contribution is -2.31. The first-order chi connectivity index (χ1) is 7.68. The first-order valence-electron chi connectivity index (χ1n) is 5.87. The summed E-state index contributed by atoms with van der Waals surface area (Å²) < 4.78 is 13.0. The molecule has 88 valence electrons. The standard InChI is InChI=1S/C13H18FNO/c14-11-7-3-6-10(8-11)12(15)13(16)9-4-1-2-5-9/h3,6-9,12-13,16H,1-2,4-5,15H2/t12-,13+/m1/s1. The van der Waals surface area contributed by atoms with Crippen molar-refractivity contribution in [2.24, 2.45) is 11.7 Å². The summed E-state index contributed by atoms with van der Waals surface area (Å²) in [5.41, 5.74) is 6.65. The molecule has 0 spiro atoms. The van der Waals surface area contributed by atoms with E-state index >= 15 is 0 Å². The first-order valence-corrected chi connectivity index (χ1v) is 5.87. The van der Waals surface area contributed by atoms with Crippen molar-refractivity contribution in [3.63, 3.8) is 0 Å². The van der Waals surface area contributed by atoms with Crippen molar-refractivity contribution < 1.29 is 9.50 Å². The van der Waals surface area contributed by atoms with Gasteiger partial charge in [0.25, 0.3) is 0 Å². The number of aliphatic hydroxyl groups is 1. The zero-order valence-electron chi connectivity index (χ0n) is 9.27. The molecule has 2 atom stereocenters. The monoisotopic (exact) mass is 223 g/mol. The van der Waals surface area contributed by atoms with Crippen LogP contribution in [0.4, 0.5) is 4.39 Å². The van der Waals surface area contributed by atoms with Crippen LogP contribution >= 0.6 is 0 Å². The Kier molecular flexibility index (Phi) is 3.56. The number of hydrogen-bond acceptors (Lipinski definition) is 2. The van der Waals surface area contributed by atoms with Crippen molar-refractivity contribution in [2.45, 2.75) is 37.8 Å². The van der Waals surface area contributed by atoms with Crippen LogP contribution in [0.15, 0.2) is 24.3 Å². The average Bonchev–Trinajstić information content (AvgIpc) is 2.80. The molecule has 0 unspecified atom stereocenters. The van der Waals surface area contributed by atoms with E-state index in [9.17, 15) is 9.50 Å². The number of rotatable bonds is 3.